The number of hydrogen-bond donors (Lipinski definition) is 1. The van der Waals surface area contributed by atoms with Crippen molar-refractivity contribution < 1.29 is 10.0 Å². The molecular formula is C13H16N4O3. The van der Waals surface area contributed by atoms with Gasteiger partial charge in [0.25, 0.3) is 0 Å². The minimum Gasteiger partial charge on any atom is -0.392 e. The molecule has 1 aliphatic rings. The van der Waals surface area contributed by atoms with Crippen LogP contribution in [0.2, 0.25) is 0 Å². The first-order valence-corrected chi connectivity index (χ1v) is 6.66. The van der Waals surface area contributed by atoms with Crippen molar-refractivity contribution in [3.63, 3.8) is 0 Å². The lowest BCUT2D eigenvalue weighted by Crippen LogP contribution is -2.37. The zero-order valence-electron chi connectivity index (χ0n) is 11.0. The summed E-state index contributed by atoms with van der Waals surface area (Å²) in [6.07, 6.45) is 3.00. The van der Waals surface area contributed by atoms with E-state index in [9.17, 15) is 15.2 Å². The SMILES string of the molecule is O=[N+]([O-])c1c(CN2CCC[C@H](O)C2)nc2ccccn12. The van der Waals surface area contributed by atoms with Gasteiger partial charge in [-0.15, -0.1) is 0 Å². The quantitative estimate of drug-likeness (QED) is 0.672. The number of aliphatic hydroxyl groups is 1. The van der Waals surface area contributed by atoms with Gasteiger partial charge in [-0.1, -0.05) is 6.07 Å². The van der Waals surface area contributed by atoms with Gasteiger partial charge in [0, 0.05) is 19.2 Å². The summed E-state index contributed by atoms with van der Waals surface area (Å²) in [5, 5.41) is 21.0. The standard InChI is InChI=1S/C13H16N4O3/c18-10-4-3-6-15(8-10)9-11-13(17(19)20)16-7-2-1-5-12(16)14-11/h1-2,5,7,10,18H,3-4,6,8-9H2/t10-/m0/s1. The van der Waals surface area contributed by atoms with Crippen LogP contribution in [0, 0.1) is 10.1 Å². The first kappa shape index (κ1) is 13.0. The van der Waals surface area contributed by atoms with Crippen LogP contribution in [0.3, 0.4) is 0 Å². The molecule has 0 spiro atoms. The Bertz CT molecular complexity index is 640. The van der Waals surface area contributed by atoms with E-state index in [2.05, 4.69) is 4.98 Å². The lowest BCUT2D eigenvalue weighted by atomic mass is 10.1. The number of rotatable bonds is 3. The fraction of sp³-hybridized carbons (Fsp3) is 0.462. The molecule has 3 heterocycles. The van der Waals surface area contributed by atoms with Crippen LogP contribution < -0.4 is 0 Å². The number of hydrogen-bond acceptors (Lipinski definition) is 5. The maximum absolute atomic E-state index is 11.3. The molecule has 7 heteroatoms. The van der Waals surface area contributed by atoms with Crippen LogP contribution in [0.4, 0.5) is 5.82 Å². The molecule has 0 radical (unpaired) electrons. The van der Waals surface area contributed by atoms with Crippen LogP contribution in [0.5, 0.6) is 0 Å². The molecule has 0 unspecified atom stereocenters. The van der Waals surface area contributed by atoms with Crippen molar-refractivity contribution in [3.8, 4) is 0 Å². The summed E-state index contributed by atoms with van der Waals surface area (Å²) in [7, 11) is 0. The molecule has 1 saturated heterocycles. The lowest BCUT2D eigenvalue weighted by Gasteiger charge is -2.29. The molecule has 3 rings (SSSR count). The van der Waals surface area contributed by atoms with Gasteiger partial charge in [0.15, 0.2) is 5.69 Å². The third-order valence-corrected chi connectivity index (χ3v) is 3.60. The van der Waals surface area contributed by atoms with Crippen LogP contribution in [0.15, 0.2) is 24.4 Å². The number of nitro groups is 1. The first-order chi connectivity index (χ1) is 9.65. The molecule has 7 nitrogen and oxygen atoms in total. The number of β-amino-alcohol motifs (C(OH)–C–C–N with tert-alkyl or cyclic N) is 1. The van der Waals surface area contributed by atoms with E-state index < -0.39 is 4.92 Å². The van der Waals surface area contributed by atoms with Crippen LogP contribution in [0.1, 0.15) is 18.5 Å². The molecule has 0 aliphatic carbocycles. The van der Waals surface area contributed by atoms with Gasteiger partial charge in [0.1, 0.15) is 0 Å². The van der Waals surface area contributed by atoms with Crippen LogP contribution in [-0.2, 0) is 6.54 Å². The van der Waals surface area contributed by atoms with E-state index in [0.717, 1.165) is 19.4 Å². The summed E-state index contributed by atoms with van der Waals surface area (Å²) in [6.45, 7) is 1.78. The highest BCUT2D eigenvalue weighted by atomic mass is 16.6. The average molecular weight is 276 g/mol. The Balaban J connectivity index is 1.94. The molecule has 2 aromatic rings. The Morgan fingerprint density at radius 2 is 2.35 bits per heavy atom. The number of aromatic nitrogens is 2. The lowest BCUT2D eigenvalue weighted by molar-refractivity contribution is -0.391. The number of likely N-dealkylation sites (tertiary alicyclic amines) is 1. The number of piperidine rings is 1. The number of imidazole rings is 1. The van der Waals surface area contributed by atoms with E-state index in [4.69, 9.17) is 0 Å². The minimum atomic E-state index is -0.393. The zero-order chi connectivity index (χ0) is 14.1. The van der Waals surface area contributed by atoms with E-state index in [0.29, 0.717) is 24.4 Å². The normalized spacial score (nSPS) is 20.4. The first-order valence-electron chi connectivity index (χ1n) is 6.66. The molecule has 1 fully saturated rings. The Kier molecular flexibility index (Phi) is 3.37. The third-order valence-electron chi connectivity index (χ3n) is 3.60. The van der Waals surface area contributed by atoms with E-state index >= 15 is 0 Å². The fourth-order valence-electron chi connectivity index (χ4n) is 2.72. The average Bonchev–Trinajstić information content (AvgIpc) is 2.76. The van der Waals surface area contributed by atoms with E-state index in [1.54, 1.807) is 24.4 Å². The Hall–Kier alpha value is -1.99. The van der Waals surface area contributed by atoms with Gasteiger partial charge >= 0.3 is 5.82 Å². The number of aliphatic hydroxyl groups excluding tert-OH is 1. The van der Waals surface area contributed by atoms with Gasteiger partial charge < -0.3 is 15.2 Å². The summed E-state index contributed by atoms with van der Waals surface area (Å²) in [4.78, 5) is 17.3. The molecule has 1 aliphatic heterocycles. The molecule has 0 bridgehead atoms. The summed E-state index contributed by atoms with van der Waals surface area (Å²) < 4.78 is 1.50. The highest BCUT2D eigenvalue weighted by Gasteiger charge is 2.26. The molecule has 2 aromatic heterocycles. The zero-order valence-corrected chi connectivity index (χ0v) is 11.0. The van der Waals surface area contributed by atoms with Gasteiger partial charge in [-0.25, -0.2) is 4.98 Å². The predicted molar refractivity (Wildman–Crippen MR) is 72.4 cm³/mol. The minimum absolute atomic E-state index is 0.0145. The van der Waals surface area contributed by atoms with Gasteiger partial charge in [-0.2, -0.15) is 4.40 Å². The van der Waals surface area contributed by atoms with Crippen molar-refractivity contribution in [1.29, 1.82) is 0 Å². The van der Waals surface area contributed by atoms with E-state index in [1.165, 1.54) is 4.40 Å². The second-order valence-electron chi connectivity index (χ2n) is 5.10. The highest BCUT2D eigenvalue weighted by molar-refractivity contribution is 5.48. The van der Waals surface area contributed by atoms with E-state index in [1.807, 2.05) is 4.90 Å². The molecular weight excluding hydrogens is 260 g/mol. The van der Waals surface area contributed by atoms with Crippen molar-refractivity contribution >= 4 is 11.5 Å². The summed E-state index contributed by atoms with van der Waals surface area (Å²) in [5.74, 6) is 0.0145. The van der Waals surface area contributed by atoms with Crippen LogP contribution in [0.25, 0.3) is 5.65 Å². The fourth-order valence-corrected chi connectivity index (χ4v) is 2.72. The summed E-state index contributed by atoms with van der Waals surface area (Å²) >= 11 is 0. The maximum Gasteiger partial charge on any atom is 0.352 e. The molecule has 1 N–H and O–H groups in total. The largest absolute Gasteiger partial charge is 0.392 e. The van der Waals surface area contributed by atoms with Crippen molar-refractivity contribution in [2.45, 2.75) is 25.5 Å². The Morgan fingerprint density at radius 3 is 3.10 bits per heavy atom. The van der Waals surface area contributed by atoms with Gasteiger partial charge in [0.2, 0.25) is 5.65 Å². The second-order valence-corrected chi connectivity index (χ2v) is 5.10. The summed E-state index contributed by atoms with van der Waals surface area (Å²) in [6, 6.07) is 5.30. The second kappa shape index (κ2) is 5.18. The topological polar surface area (TPSA) is 83.9 Å². The Morgan fingerprint density at radius 1 is 1.50 bits per heavy atom. The van der Waals surface area contributed by atoms with Gasteiger partial charge in [-0.05, 0) is 30.4 Å². The molecule has 0 aromatic carbocycles. The molecule has 1 atom stereocenters. The molecule has 106 valence electrons. The van der Waals surface area contributed by atoms with Crippen molar-refractivity contribution in [1.82, 2.24) is 14.3 Å². The van der Waals surface area contributed by atoms with Gasteiger partial charge in [-0.3, -0.25) is 4.90 Å². The van der Waals surface area contributed by atoms with Crippen LogP contribution >= 0.6 is 0 Å². The highest BCUT2D eigenvalue weighted by Crippen LogP contribution is 2.23. The molecule has 0 amide bonds. The van der Waals surface area contributed by atoms with E-state index in [-0.39, 0.29) is 11.9 Å². The molecule has 0 saturated carbocycles. The van der Waals surface area contributed by atoms with Crippen molar-refractivity contribution in [2.24, 2.45) is 0 Å². The number of fused-ring (bicyclic) bond motifs is 1. The monoisotopic (exact) mass is 276 g/mol. The number of pyridine rings is 1. The Labute approximate surface area is 115 Å². The van der Waals surface area contributed by atoms with Crippen molar-refractivity contribution in [2.75, 3.05) is 13.1 Å². The smallest absolute Gasteiger partial charge is 0.352 e. The summed E-state index contributed by atoms with van der Waals surface area (Å²) in [5.41, 5.74) is 1.03. The predicted octanol–water partition coefficient (Wildman–Crippen LogP) is 1.20. The van der Waals surface area contributed by atoms with Gasteiger partial charge in [0.05, 0.1) is 12.3 Å². The molecule has 20 heavy (non-hydrogen) atoms. The maximum atomic E-state index is 11.3. The van der Waals surface area contributed by atoms with Crippen molar-refractivity contribution in [3.05, 3.63) is 40.2 Å². The number of nitrogens with zero attached hydrogens (tertiary/aromatic N) is 4. The third kappa shape index (κ3) is 2.37. The van der Waals surface area contributed by atoms with Crippen LogP contribution in [-0.4, -0.2) is 43.5 Å².